The predicted octanol–water partition coefficient (Wildman–Crippen LogP) is 7.57. The summed E-state index contributed by atoms with van der Waals surface area (Å²) in [6.07, 6.45) is 17.2. The summed E-state index contributed by atoms with van der Waals surface area (Å²) >= 11 is 0. The van der Waals surface area contributed by atoms with Crippen LogP contribution in [0.25, 0.3) is 0 Å². The molecule has 4 rings (SSSR count). The predicted molar refractivity (Wildman–Crippen MR) is 124 cm³/mol. The van der Waals surface area contributed by atoms with Gasteiger partial charge in [0.2, 0.25) is 0 Å². The van der Waals surface area contributed by atoms with Gasteiger partial charge in [0.05, 0.1) is 0 Å². The van der Waals surface area contributed by atoms with Gasteiger partial charge >= 0.3 is 0 Å². The number of rotatable bonds is 7. The summed E-state index contributed by atoms with van der Waals surface area (Å²) in [6.45, 7) is 13.2. The van der Waals surface area contributed by atoms with Crippen molar-refractivity contribution < 1.29 is 9.53 Å². The molecule has 0 aromatic heterocycles. The van der Waals surface area contributed by atoms with E-state index in [0.29, 0.717) is 17.3 Å². The number of hydrogen-bond acceptors (Lipinski definition) is 2. The van der Waals surface area contributed by atoms with Crippen molar-refractivity contribution in [1.29, 1.82) is 0 Å². The fraction of sp³-hybridized carbons (Fsp3) is 0.893. The van der Waals surface area contributed by atoms with E-state index in [1.54, 1.807) is 5.57 Å². The lowest BCUT2D eigenvalue weighted by molar-refractivity contribution is -0.136. The number of ether oxygens (including phenoxy) is 1. The fourth-order valence-corrected chi connectivity index (χ4v) is 8.85. The Kier molecular flexibility index (Phi) is 6.44. The second kappa shape index (κ2) is 8.62. The van der Waals surface area contributed by atoms with Crippen molar-refractivity contribution in [3.8, 4) is 0 Å². The molecule has 4 aliphatic rings. The molecule has 0 aromatic rings. The normalized spacial score (nSPS) is 43.9. The van der Waals surface area contributed by atoms with Crippen LogP contribution in [-0.4, -0.2) is 12.6 Å². The van der Waals surface area contributed by atoms with Crippen molar-refractivity contribution in [2.24, 2.45) is 46.3 Å². The Hall–Kier alpha value is -0.790. The standard InChI is InChI=1S/C28H46O2/c1-19(2)7-6-8-20(3)24-11-12-25-23-10-9-21-17-22(30-18-29)13-15-27(21,4)26(23)14-16-28(24,25)5/h9,18-20,22-26H,6-8,10-17H2,1-5H3/t20-,22-,23-,24-,25+,26-,27-,28+/m0/s1. The third kappa shape index (κ3) is 3.79. The molecule has 0 bridgehead atoms. The van der Waals surface area contributed by atoms with Crippen molar-refractivity contribution in [3.63, 3.8) is 0 Å². The van der Waals surface area contributed by atoms with E-state index < -0.39 is 0 Å². The number of carbonyl (C=O) groups excluding carboxylic acids is 1. The average Bonchev–Trinajstić information content (AvgIpc) is 3.05. The van der Waals surface area contributed by atoms with E-state index in [4.69, 9.17) is 4.74 Å². The molecule has 4 aliphatic carbocycles. The third-order valence-electron chi connectivity index (χ3n) is 10.5. The Morgan fingerprint density at radius 1 is 1.07 bits per heavy atom. The monoisotopic (exact) mass is 414 g/mol. The van der Waals surface area contributed by atoms with E-state index in [1.807, 2.05) is 0 Å². The maximum absolute atomic E-state index is 10.8. The summed E-state index contributed by atoms with van der Waals surface area (Å²) in [5, 5.41) is 0. The van der Waals surface area contributed by atoms with E-state index in [9.17, 15) is 4.79 Å². The Bertz CT molecular complexity index is 651. The summed E-state index contributed by atoms with van der Waals surface area (Å²) in [5.41, 5.74) is 2.54. The van der Waals surface area contributed by atoms with Gasteiger partial charge in [0.1, 0.15) is 6.10 Å². The zero-order valence-corrected chi connectivity index (χ0v) is 20.3. The van der Waals surface area contributed by atoms with Gasteiger partial charge < -0.3 is 4.74 Å². The maximum atomic E-state index is 10.8. The molecule has 2 heteroatoms. The molecule has 0 N–H and O–H groups in total. The van der Waals surface area contributed by atoms with Gasteiger partial charge in [-0.15, -0.1) is 0 Å². The highest BCUT2D eigenvalue weighted by atomic mass is 16.5. The first-order chi connectivity index (χ1) is 14.3. The largest absolute Gasteiger partial charge is 0.464 e. The lowest BCUT2D eigenvalue weighted by Gasteiger charge is -2.58. The average molecular weight is 415 g/mol. The molecule has 30 heavy (non-hydrogen) atoms. The van der Waals surface area contributed by atoms with Gasteiger partial charge in [-0.05, 0) is 91.3 Å². The Morgan fingerprint density at radius 3 is 2.60 bits per heavy atom. The first kappa shape index (κ1) is 22.4. The minimum Gasteiger partial charge on any atom is -0.464 e. The van der Waals surface area contributed by atoms with Gasteiger partial charge in [-0.3, -0.25) is 4.79 Å². The van der Waals surface area contributed by atoms with Crippen molar-refractivity contribution in [2.75, 3.05) is 0 Å². The molecular weight excluding hydrogens is 368 g/mol. The quantitative estimate of drug-likeness (QED) is 0.317. The highest BCUT2D eigenvalue weighted by molar-refractivity contribution is 5.38. The molecule has 3 fully saturated rings. The van der Waals surface area contributed by atoms with Crippen molar-refractivity contribution in [2.45, 2.75) is 111 Å². The van der Waals surface area contributed by atoms with Gasteiger partial charge in [-0.25, -0.2) is 0 Å². The van der Waals surface area contributed by atoms with Crippen molar-refractivity contribution in [3.05, 3.63) is 11.6 Å². The molecule has 170 valence electrons. The highest BCUT2D eigenvalue weighted by Gasteiger charge is 2.59. The molecule has 0 amide bonds. The van der Waals surface area contributed by atoms with Gasteiger partial charge in [-0.2, -0.15) is 0 Å². The van der Waals surface area contributed by atoms with E-state index in [0.717, 1.165) is 48.3 Å². The van der Waals surface area contributed by atoms with E-state index in [2.05, 4.69) is 40.7 Å². The first-order valence-corrected chi connectivity index (χ1v) is 13.1. The molecule has 0 spiro atoms. The number of hydrogen-bond donors (Lipinski definition) is 0. The smallest absolute Gasteiger partial charge is 0.293 e. The van der Waals surface area contributed by atoms with Gasteiger partial charge in [-0.1, -0.05) is 65.5 Å². The Morgan fingerprint density at radius 2 is 1.87 bits per heavy atom. The van der Waals surface area contributed by atoms with E-state index in [-0.39, 0.29) is 6.10 Å². The summed E-state index contributed by atoms with van der Waals surface area (Å²) in [6, 6.07) is 0. The molecule has 0 unspecified atom stereocenters. The van der Waals surface area contributed by atoms with Crippen LogP contribution in [0.2, 0.25) is 0 Å². The van der Waals surface area contributed by atoms with Gasteiger partial charge in [0.15, 0.2) is 0 Å². The van der Waals surface area contributed by atoms with E-state index in [1.165, 1.54) is 57.8 Å². The summed E-state index contributed by atoms with van der Waals surface area (Å²) in [4.78, 5) is 10.8. The zero-order valence-electron chi connectivity index (χ0n) is 20.3. The van der Waals surface area contributed by atoms with Crippen LogP contribution in [0.4, 0.5) is 0 Å². The highest BCUT2D eigenvalue weighted by Crippen LogP contribution is 2.67. The summed E-state index contributed by atoms with van der Waals surface area (Å²) in [5.74, 6) is 5.32. The van der Waals surface area contributed by atoms with Crippen LogP contribution >= 0.6 is 0 Å². The number of carbonyl (C=O) groups is 1. The maximum Gasteiger partial charge on any atom is 0.293 e. The molecule has 8 atom stereocenters. The van der Waals surface area contributed by atoms with Crippen LogP contribution in [0, 0.1) is 46.3 Å². The molecule has 0 radical (unpaired) electrons. The molecule has 0 saturated heterocycles. The molecule has 0 aromatic carbocycles. The molecule has 0 aliphatic heterocycles. The summed E-state index contributed by atoms with van der Waals surface area (Å²) in [7, 11) is 0. The van der Waals surface area contributed by atoms with Crippen LogP contribution < -0.4 is 0 Å². The topological polar surface area (TPSA) is 26.3 Å². The third-order valence-corrected chi connectivity index (χ3v) is 10.5. The van der Waals surface area contributed by atoms with Crippen molar-refractivity contribution >= 4 is 6.47 Å². The van der Waals surface area contributed by atoms with Crippen LogP contribution in [0.5, 0.6) is 0 Å². The number of fused-ring (bicyclic) bond motifs is 5. The zero-order chi connectivity index (χ0) is 21.5. The van der Waals surface area contributed by atoms with Crippen LogP contribution in [0.1, 0.15) is 105 Å². The van der Waals surface area contributed by atoms with E-state index >= 15 is 0 Å². The van der Waals surface area contributed by atoms with Crippen LogP contribution in [0.3, 0.4) is 0 Å². The number of allylic oxidation sites excluding steroid dienone is 1. The van der Waals surface area contributed by atoms with Gasteiger partial charge in [0.25, 0.3) is 6.47 Å². The Labute approximate surface area is 185 Å². The van der Waals surface area contributed by atoms with Crippen LogP contribution in [-0.2, 0) is 9.53 Å². The van der Waals surface area contributed by atoms with Crippen molar-refractivity contribution in [1.82, 2.24) is 0 Å². The van der Waals surface area contributed by atoms with Crippen LogP contribution in [0.15, 0.2) is 11.6 Å². The Balaban J connectivity index is 1.47. The molecule has 3 saturated carbocycles. The summed E-state index contributed by atoms with van der Waals surface area (Å²) < 4.78 is 5.36. The first-order valence-electron chi connectivity index (χ1n) is 13.1. The minimum absolute atomic E-state index is 0.120. The molecule has 2 nitrogen and oxygen atoms in total. The minimum atomic E-state index is 0.120. The molecule has 0 heterocycles. The SMILES string of the molecule is CC(C)CCC[C@H](C)[C@@H]1CC[C@@H]2[C@@H]3CC=C4C[C@@H](OC=O)CC[C@]4(C)[C@H]3CC[C@@]21C. The lowest BCUT2D eigenvalue weighted by atomic mass is 9.47. The molecular formula is C28H46O2. The second-order valence-corrected chi connectivity index (χ2v) is 12.4. The van der Waals surface area contributed by atoms with Gasteiger partial charge in [0, 0.05) is 6.42 Å². The fourth-order valence-electron chi connectivity index (χ4n) is 8.85. The lowest BCUT2D eigenvalue weighted by Crippen LogP contribution is -2.51. The second-order valence-electron chi connectivity index (χ2n) is 12.4.